The van der Waals surface area contributed by atoms with E-state index in [2.05, 4.69) is 5.32 Å². The van der Waals surface area contributed by atoms with Crippen molar-refractivity contribution < 1.29 is 14.4 Å². The van der Waals surface area contributed by atoms with Gasteiger partial charge in [0, 0.05) is 18.2 Å². The fourth-order valence-corrected chi connectivity index (χ4v) is 1.42. The lowest BCUT2D eigenvalue weighted by Crippen LogP contribution is -2.32. The molecule has 0 unspecified atom stereocenters. The number of carbonyl (C=O) groups is 3. The number of amides is 1. The summed E-state index contributed by atoms with van der Waals surface area (Å²) in [6, 6.07) is 7.52. The molecule has 0 heterocycles. The van der Waals surface area contributed by atoms with Gasteiger partial charge in [-0.25, -0.2) is 0 Å². The summed E-state index contributed by atoms with van der Waals surface area (Å²) in [6.45, 7) is 1.42. The van der Waals surface area contributed by atoms with Gasteiger partial charge in [0.25, 0.3) is 0 Å². The first kappa shape index (κ1) is 13.6. The lowest BCUT2D eigenvalue weighted by atomic mass is 9.97. The minimum atomic E-state index is -1.36. The first-order valence-corrected chi connectivity index (χ1v) is 5.27. The van der Waals surface area contributed by atoms with Crippen LogP contribution < -0.4 is 5.32 Å². The number of rotatable bonds is 4. The maximum atomic E-state index is 11.9. The van der Waals surface area contributed by atoms with E-state index in [-0.39, 0.29) is 11.3 Å². The van der Waals surface area contributed by atoms with E-state index in [9.17, 15) is 14.4 Å². The minimum absolute atomic E-state index is 0.114. The van der Waals surface area contributed by atoms with Gasteiger partial charge in [-0.1, -0.05) is 24.3 Å². The van der Waals surface area contributed by atoms with E-state index in [0.717, 1.165) is 0 Å². The Bertz CT molecular complexity index is 526. The molecule has 1 rings (SSSR count). The van der Waals surface area contributed by atoms with Crippen LogP contribution >= 0.6 is 0 Å². The number of carbonyl (C=O) groups excluding carboxylic acids is 3. The molecule has 0 saturated carbocycles. The van der Waals surface area contributed by atoms with Gasteiger partial charge in [0.15, 0.2) is 17.5 Å². The van der Waals surface area contributed by atoms with Crippen LogP contribution in [0.4, 0.5) is 0 Å². The standard InChI is InChI=1S/C13H12N2O3/c1-8(16)9-3-5-10(6-4-9)12(17)11(7-14)13(18)15-2/h3-6,11H,1-2H3,(H,15,18)/t11-/m0/s1. The Morgan fingerprint density at radius 3 is 2.06 bits per heavy atom. The molecule has 5 heteroatoms. The number of nitrogens with zero attached hydrogens (tertiary/aromatic N) is 1. The predicted octanol–water partition coefficient (Wildman–Crippen LogP) is 0.958. The quantitative estimate of drug-likeness (QED) is 0.631. The van der Waals surface area contributed by atoms with Gasteiger partial charge in [0.1, 0.15) is 0 Å². The van der Waals surface area contributed by atoms with E-state index in [1.54, 1.807) is 6.07 Å². The van der Waals surface area contributed by atoms with Crippen molar-refractivity contribution in [2.75, 3.05) is 7.05 Å². The van der Waals surface area contributed by atoms with Gasteiger partial charge in [0.2, 0.25) is 5.91 Å². The molecule has 0 bridgehead atoms. The van der Waals surface area contributed by atoms with Crippen LogP contribution in [0.1, 0.15) is 27.6 Å². The van der Waals surface area contributed by atoms with Crippen LogP contribution in [0.15, 0.2) is 24.3 Å². The summed E-state index contributed by atoms with van der Waals surface area (Å²) in [7, 11) is 1.36. The van der Waals surface area contributed by atoms with Crippen molar-refractivity contribution in [2.24, 2.45) is 5.92 Å². The highest BCUT2D eigenvalue weighted by molar-refractivity contribution is 6.12. The summed E-state index contributed by atoms with van der Waals surface area (Å²) < 4.78 is 0. The van der Waals surface area contributed by atoms with Crippen molar-refractivity contribution in [3.05, 3.63) is 35.4 Å². The Labute approximate surface area is 104 Å². The van der Waals surface area contributed by atoms with Crippen molar-refractivity contribution in [2.45, 2.75) is 6.92 Å². The Kier molecular flexibility index (Phi) is 4.33. The smallest absolute Gasteiger partial charge is 0.245 e. The molecule has 1 N–H and O–H groups in total. The SMILES string of the molecule is CNC(=O)[C@@H](C#N)C(=O)c1ccc(C(C)=O)cc1. The molecule has 18 heavy (non-hydrogen) atoms. The molecule has 1 aromatic carbocycles. The summed E-state index contributed by atoms with van der Waals surface area (Å²) in [6.07, 6.45) is 0. The van der Waals surface area contributed by atoms with Crippen molar-refractivity contribution in [1.82, 2.24) is 5.32 Å². The van der Waals surface area contributed by atoms with Crippen LogP contribution in [0.2, 0.25) is 0 Å². The van der Waals surface area contributed by atoms with Crippen LogP contribution in [0, 0.1) is 17.2 Å². The number of nitriles is 1. The molecule has 0 aliphatic rings. The van der Waals surface area contributed by atoms with Gasteiger partial charge in [0.05, 0.1) is 6.07 Å². The van der Waals surface area contributed by atoms with E-state index in [1.165, 1.54) is 38.2 Å². The van der Waals surface area contributed by atoms with Crippen molar-refractivity contribution in [1.29, 1.82) is 5.26 Å². The van der Waals surface area contributed by atoms with Crippen molar-refractivity contribution >= 4 is 17.5 Å². The highest BCUT2D eigenvalue weighted by atomic mass is 16.2. The predicted molar refractivity (Wildman–Crippen MR) is 63.9 cm³/mol. The average molecular weight is 244 g/mol. The summed E-state index contributed by atoms with van der Waals surface area (Å²) in [5.41, 5.74) is 0.704. The third-order valence-corrected chi connectivity index (χ3v) is 2.48. The van der Waals surface area contributed by atoms with Crippen LogP contribution in [-0.2, 0) is 4.79 Å². The Morgan fingerprint density at radius 1 is 1.17 bits per heavy atom. The number of hydrogen-bond acceptors (Lipinski definition) is 4. The lowest BCUT2D eigenvalue weighted by molar-refractivity contribution is -0.121. The normalized spacial score (nSPS) is 11.2. The largest absolute Gasteiger partial charge is 0.358 e. The summed E-state index contributed by atoms with van der Waals surface area (Å²) in [4.78, 5) is 34.3. The van der Waals surface area contributed by atoms with E-state index in [0.29, 0.717) is 5.56 Å². The van der Waals surface area contributed by atoms with Gasteiger partial charge in [-0.05, 0) is 6.92 Å². The van der Waals surface area contributed by atoms with E-state index < -0.39 is 17.6 Å². The summed E-state index contributed by atoms with van der Waals surface area (Å²) >= 11 is 0. The summed E-state index contributed by atoms with van der Waals surface area (Å²) in [5, 5.41) is 11.1. The van der Waals surface area contributed by atoms with Gasteiger partial charge >= 0.3 is 0 Å². The molecule has 1 aromatic rings. The molecule has 92 valence electrons. The second-order valence-electron chi connectivity index (χ2n) is 3.67. The second-order valence-corrected chi connectivity index (χ2v) is 3.67. The Hall–Kier alpha value is -2.48. The molecule has 5 nitrogen and oxygen atoms in total. The first-order chi connectivity index (χ1) is 8.51. The van der Waals surface area contributed by atoms with Crippen molar-refractivity contribution in [3.8, 4) is 6.07 Å². The minimum Gasteiger partial charge on any atom is -0.358 e. The second kappa shape index (κ2) is 5.73. The number of Topliss-reactive ketones (excluding diaryl/α,β-unsaturated/α-hetero) is 2. The zero-order valence-corrected chi connectivity index (χ0v) is 10.1. The number of ketones is 2. The molecule has 0 aliphatic carbocycles. The number of benzene rings is 1. The van der Waals surface area contributed by atoms with E-state index in [4.69, 9.17) is 5.26 Å². The molecule has 1 amide bonds. The van der Waals surface area contributed by atoms with Crippen LogP contribution in [0.3, 0.4) is 0 Å². The monoisotopic (exact) mass is 244 g/mol. The fourth-order valence-electron chi connectivity index (χ4n) is 1.42. The van der Waals surface area contributed by atoms with Gasteiger partial charge in [-0.2, -0.15) is 5.26 Å². The first-order valence-electron chi connectivity index (χ1n) is 5.27. The van der Waals surface area contributed by atoms with E-state index >= 15 is 0 Å². The molecule has 0 spiro atoms. The lowest BCUT2D eigenvalue weighted by Gasteiger charge is -2.06. The number of nitrogens with one attached hydrogen (secondary N) is 1. The highest BCUT2D eigenvalue weighted by Gasteiger charge is 2.26. The molecule has 0 radical (unpaired) electrons. The number of hydrogen-bond donors (Lipinski definition) is 1. The summed E-state index contributed by atoms with van der Waals surface area (Å²) in [5.74, 6) is -2.69. The van der Waals surface area contributed by atoms with Gasteiger partial charge < -0.3 is 5.32 Å². The topological polar surface area (TPSA) is 87.0 Å². The molecule has 1 atom stereocenters. The Balaban J connectivity index is 3.00. The maximum Gasteiger partial charge on any atom is 0.245 e. The van der Waals surface area contributed by atoms with Crippen molar-refractivity contribution in [3.63, 3.8) is 0 Å². The third-order valence-electron chi connectivity index (χ3n) is 2.48. The zero-order chi connectivity index (χ0) is 13.7. The molecular formula is C13H12N2O3. The average Bonchev–Trinajstić information content (AvgIpc) is 2.39. The highest BCUT2D eigenvalue weighted by Crippen LogP contribution is 2.11. The molecule has 0 saturated heterocycles. The Morgan fingerprint density at radius 2 is 1.67 bits per heavy atom. The molecule has 0 aromatic heterocycles. The van der Waals surface area contributed by atoms with Crippen LogP contribution in [-0.4, -0.2) is 24.5 Å². The van der Waals surface area contributed by atoms with Crippen LogP contribution in [0.5, 0.6) is 0 Å². The van der Waals surface area contributed by atoms with E-state index in [1.807, 2.05) is 0 Å². The van der Waals surface area contributed by atoms with Crippen LogP contribution in [0.25, 0.3) is 0 Å². The molecule has 0 fully saturated rings. The third kappa shape index (κ3) is 2.80. The maximum absolute atomic E-state index is 11.9. The molecule has 0 aliphatic heterocycles. The zero-order valence-electron chi connectivity index (χ0n) is 10.1. The van der Waals surface area contributed by atoms with Gasteiger partial charge in [-0.3, -0.25) is 14.4 Å². The van der Waals surface area contributed by atoms with Gasteiger partial charge in [-0.15, -0.1) is 0 Å². The molecular weight excluding hydrogens is 232 g/mol. The fraction of sp³-hybridized carbons (Fsp3) is 0.231.